The van der Waals surface area contributed by atoms with E-state index in [2.05, 4.69) is 29.5 Å². The summed E-state index contributed by atoms with van der Waals surface area (Å²) in [6, 6.07) is 7.42. The first-order valence-electron chi connectivity index (χ1n) is 12.6. The second-order valence-corrected chi connectivity index (χ2v) is 9.18. The number of allylic oxidation sites excluding steroid dienone is 1. The Labute approximate surface area is 210 Å². The van der Waals surface area contributed by atoms with Gasteiger partial charge in [0.15, 0.2) is 0 Å². The molecule has 1 aromatic rings. The standard InChI is InChI=1S/C21H30ClN3O.C4H7NO.C2H6/c1-4-5-7-17(19(24-3)21(2)12-6-13-21)18(23)20(26)25-14-15-8-10-16(22)11-9-15;6-4-2-1-3-5-4;1-2/h8-11H,4-7,12-14,23H2,1-3H3,(H,25,26);1-3H2,(H,5,6);1-2H3/b18-17-,24-19?;;. The number of nitrogens with one attached hydrogen (secondary N) is 2. The number of hydrogen-bond donors (Lipinski definition) is 3. The van der Waals surface area contributed by atoms with E-state index in [4.69, 9.17) is 17.3 Å². The van der Waals surface area contributed by atoms with Gasteiger partial charge < -0.3 is 16.4 Å². The smallest absolute Gasteiger partial charge is 0.267 e. The Morgan fingerprint density at radius 2 is 1.85 bits per heavy atom. The van der Waals surface area contributed by atoms with Crippen molar-refractivity contribution < 1.29 is 9.59 Å². The molecule has 2 aliphatic rings. The Morgan fingerprint density at radius 3 is 2.26 bits per heavy atom. The second kappa shape index (κ2) is 15.5. The zero-order valence-electron chi connectivity index (χ0n) is 21.6. The summed E-state index contributed by atoms with van der Waals surface area (Å²) in [6.07, 6.45) is 8.02. The van der Waals surface area contributed by atoms with E-state index >= 15 is 0 Å². The van der Waals surface area contributed by atoms with Crippen molar-refractivity contribution in [1.29, 1.82) is 0 Å². The minimum Gasteiger partial charge on any atom is -0.394 e. The maximum Gasteiger partial charge on any atom is 0.267 e. The zero-order chi connectivity index (χ0) is 25.6. The van der Waals surface area contributed by atoms with Crippen LogP contribution >= 0.6 is 11.6 Å². The third-order valence-corrected chi connectivity index (χ3v) is 6.41. The monoisotopic (exact) mass is 490 g/mol. The van der Waals surface area contributed by atoms with Crippen LogP contribution in [0, 0.1) is 5.41 Å². The first-order valence-corrected chi connectivity index (χ1v) is 12.9. The molecule has 2 amide bonds. The molecular weight excluding hydrogens is 448 g/mol. The highest BCUT2D eigenvalue weighted by molar-refractivity contribution is 6.30. The molecule has 1 saturated heterocycles. The summed E-state index contributed by atoms with van der Waals surface area (Å²) < 4.78 is 0. The van der Waals surface area contributed by atoms with E-state index in [0.29, 0.717) is 17.3 Å². The minimum absolute atomic E-state index is 0.0545. The van der Waals surface area contributed by atoms with Crippen LogP contribution in [0.25, 0.3) is 0 Å². The molecule has 0 radical (unpaired) electrons. The lowest BCUT2D eigenvalue weighted by atomic mass is 9.64. The molecule has 0 atom stereocenters. The van der Waals surface area contributed by atoms with Crippen molar-refractivity contribution in [2.45, 2.75) is 85.6 Å². The Morgan fingerprint density at radius 1 is 1.21 bits per heavy atom. The molecule has 0 bridgehead atoms. The van der Waals surface area contributed by atoms with E-state index in [0.717, 1.165) is 68.3 Å². The third kappa shape index (κ3) is 9.13. The van der Waals surface area contributed by atoms with Gasteiger partial charge in [-0.2, -0.15) is 0 Å². The maximum absolute atomic E-state index is 12.7. The second-order valence-electron chi connectivity index (χ2n) is 8.74. The fourth-order valence-corrected chi connectivity index (χ4v) is 4.16. The van der Waals surface area contributed by atoms with Crippen LogP contribution in [-0.2, 0) is 16.1 Å². The van der Waals surface area contributed by atoms with Crippen molar-refractivity contribution in [3.8, 4) is 0 Å². The molecule has 34 heavy (non-hydrogen) atoms. The lowest BCUT2D eigenvalue weighted by Crippen LogP contribution is -2.39. The van der Waals surface area contributed by atoms with Crippen molar-refractivity contribution in [2.75, 3.05) is 13.6 Å². The number of amides is 2. The van der Waals surface area contributed by atoms with Crippen molar-refractivity contribution in [3.63, 3.8) is 0 Å². The molecule has 0 aromatic heterocycles. The van der Waals surface area contributed by atoms with Crippen LogP contribution in [-0.4, -0.2) is 31.1 Å². The number of halogens is 1. The van der Waals surface area contributed by atoms with E-state index in [1.165, 1.54) is 6.42 Å². The van der Waals surface area contributed by atoms with Crippen LogP contribution in [0.5, 0.6) is 0 Å². The van der Waals surface area contributed by atoms with Gasteiger partial charge >= 0.3 is 0 Å². The summed E-state index contributed by atoms with van der Waals surface area (Å²) in [5.41, 5.74) is 9.59. The predicted octanol–water partition coefficient (Wildman–Crippen LogP) is 5.54. The van der Waals surface area contributed by atoms with Crippen LogP contribution in [0.1, 0.15) is 84.6 Å². The topological polar surface area (TPSA) is 96.6 Å². The average Bonchev–Trinajstić information content (AvgIpc) is 3.32. The Hall–Kier alpha value is -2.34. The summed E-state index contributed by atoms with van der Waals surface area (Å²) in [4.78, 5) is 27.3. The average molecular weight is 491 g/mol. The zero-order valence-corrected chi connectivity index (χ0v) is 22.4. The summed E-state index contributed by atoms with van der Waals surface area (Å²) in [7, 11) is 1.81. The van der Waals surface area contributed by atoms with Crippen LogP contribution in [0.4, 0.5) is 0 Å². The predicted molar refractivity (Wildman–Crippen MR) is 143 cm³/mol. The highest BCUT2D eigenvalue weighted by atomic mass is 35.5. The third-order valence-electron chi connectivity index (χ3n) is 6.16. The van der Waals surface area contributed by atoms with Crippen LogP contribution in [0.2, 0.25) is 5.02 Å². The van der Waals surface area contributed by atoms with E-state index in [1.807, 2.05) is 45.2 Å². The highest BCUT2D eigenvalue weighted by Gasteiger charge is 2.39. The van der Waals surface area contributed by atoms with Crippen LogP contribution < -0.4 is 16.4 Å². The molecule has 190 valence electrons. The number of nitrogens with two attached hydrogens (primary N) is 1. The SMILES string of the molecule is CC.CCCC/C(C(=NC)C1(C)CCC1)=C(/N)C(=O)NCc1ccc(Cl)cc1.O=C1CCCN1. The number of unbranched alkanes of at least 4 members (excludes halogenated alkanes) is 1. The molecule has 7 heteroatoms. The van der Waals surface area contributed by atoms with E-state index in [1.54, 1.807) is 0 Å². The number of hydrogen-bond acceptors (Lipinski definition) is 4. The Kier molecular flexibility index (Phi) is 13.6. The summed E-state index contributed by atoms with van der Waals surface area (Å²) >= 11 is 5.90. The fraction of sp³-hybridized carbons (Fsp3) is 0.593. The Bertz CT molecular complexity index is 835. The minimum atomic E-state index is -0.227. The maximum atomic E-state index is 12.7. The highest BCUT2D eigenvalue weighted by Crippen LogP contribution is 2.44. The number of rotatable bonds is 8. The molecule has 3 rings (SSSR count). The molecule has 1 heterocycles. The molecule has 0 spiro atoms. The number of carbonyl (C=O) groups excluding carboxylic acids is 2. The van der Waals surface area contributed by atoms with E-state index < -0.39 is 0 Å². The fourth-order valence-electron chi connectivity index (χ4n) is 4.03. The van der Waals surface area contributed by atoms with Gasteiger partial charge in [-0.05, 0) is 49.8 Å². The summed E-state index contributed by atoms with van der Waals surface area (Å²) in [5, 5.41) is 6.28. The van der Waals surface area contributed by atoms with Crippen molar-refractivity contribution in [1.82, 2.24) is 10.6 Å². The summed E-state index contributed by atoms with van der Waals surface area (Å²) in [6.45, 7) is 9.68. The number of benzene rings is 1. The quantitative estimate of drug-likeness (QED) is 0.329. The van der Waals surface area contributed by atoms with Gasteiger partial charge in [0, 0.05) is 48.3 Å². The molecule has 2 fully saturated rings. The Balaban J connectivity index is 0.000000615. The molecule has 4 N–H and O–H groups in total. The molecule has 0 unspecified atom stereocenters. The van der Waals surface area contributed by atoms with Gasteiger partial charge in [-0.3, -0.25) is 14.6 Å². The molecule has 1 saturated carbocycles. The number of aliphatic imine (C=N–C) groups is 1. The van der Waals surface area contributed by atoms with Gasteiger partial charge in [0.25, 0.3) is 5.91 Å². The molecule has 6 nitrogen and oxygen atoms in total. The lowest BCUT2D eigenvalue weighted by Gasteiger charge is -2.40. The lowest BCUT2D eigenvalue weighted by molar-refractivity contribution is -0.119. The number of carbonyl (C=O) groups is 2. The van der Waals surface area contributed by atoms with Gasteiger partial charge in [0.2, 0.25) is 5.91 Å². The van der Waals surface area contributed by atoms with E-state index in [-0.39, 0.29) is 17.2 Å². The first-order chi connectivity index (χ1) is 16.3. The van der Waals surface area contributed by atoms with Gasteiger partial charge in [-0.15, -0.1) is 0 Å². The van der Waals surface area contributed by atoms with Gasteiger partial charge in [-0.25, -0.2) is 0 Å². The molecule has 1 aromatic carbocycles. The summed E-state index contributed by atoms with van der Waals surface area (Å²) in [5.74, 6) is -0.0230. The van der Waals surface area contributed by atoms with Crippen LogP contribution in [0.3, 0.4) is 0 Å². The number of nitrogens with zero attached hydrogens (tertiary/aromatic N) is 1. The van der Waals surface area contributed by atoms with Crippen molar-refractivity contribution in [2.24, 2.45) is 16.1 Å². The van der Waals surface area contributed by atoms with Gasteiger partial charge in [0.05, 0.1) is 0 Å². The van der Waals surface area contributed by atoms with Crippen molar-refractivity contribution >= 4 is 29.1 Å². The van der Waals surface area contributed by atoms with E-state index in [9.17, 15) is 9.59 Å². The molecular formula is C27H43ClN4O2. The molecule has 1 aliphatic heterocycles. The first kappa shape index (κ1) is 29.7. The van der Waals surface area contributed by atoms with Crippen LogP contribution in [0.15, 0.2) is 40.5 Å². The van der Waals surface area contributed by atoms with Crippen molar-refractivity contribution in [3.05, 3.63) is 46.1 Å². The van der Waals surface area contributed by atoms with Gasteiger partial charge in [0.1, 0.15) is 5.70 Å². The molecule has 1 aliphatic carbocycles. The van der Waals surface area contributed by atoms with Gasteiger partial charge in [-0.1, -0.05) is 64.3 Å². The largest absolute Gasteiger partial charge is 0.394 e. The normalized spacial score (nSPS) is 17.1.